The van der Waals surface area contributed by atoms with Gasteiger partial charge in [0.05, 0.1) is 0 Å². The number of hydrogen-bond donors (Lipinski definition) is 0. The summed E-state index contributed by atoms with van der Waals surface area (Å²) >= 11 is 0. The minimum Gasteiger partial charge on any atom is -0.299 e. The molecule has 0 radical (unpaired) electrons. The standard InChI is InChI=1S/C23H17N3O/c27-22(16-19-4-2-1-3-5-19)17-20-8-6-18(7-9-20)10-11-21-12-13-23-24-14-15-26(23)25-21/h1-9,12-15H,16-17H2. The van der Waals surface area contributed by atoms with Crippen molar-refractivity contribution in [1.82, 2.24) is 14.6 Å². The summed E-state index contributed by atoms with van der Waals surface area (Å²) < 4.78 is 1.70. The van der Waals surface area contributed by atoms with Crippen molar-refractivity contribution < 1.29 is 4.79 Å². The molecular weight excluding hydrogens is 334 g/mol. The summed E-state index contributed by atoms with van der Waals surface area (Å²) in [5.74, 6) is 6.37. The lowest BCUT2D eigenvalue weighted by Crippen LogP contribution is -2.06. The summed E-state index contributed by atoms with van der Waals surface area (Å²) in [5, 5.41) is 4.38. The van der Waals surface area contributed by atoms with E-state index in [9.17, 15) is 4.79 Å². The van der Waals surface area contributed by atoms with Gasteiger partial charge in [-0.3, -0.25) is 4.79 Å². The summed E-state index contributed by atoms with van der Waals surface area (Å²) in [6, 6.07) is 21.4. The fourth-order valence-electron chi connectivity index (χ4n) is 2.84. The van der Waals surface area contributed by atoms with E-state index in [0.717, 1.165) is 22.3 Å². The lowest BCUT2D eigenvalue weighted by molar-refractivity contribution is -0.117. The number of aromatic nitrogens is 3. The number of nitrogens with zero attached hydrogens (tertiary/aromatic N) is 3. The average Bonchev–Trinajstić information content (AvgIpc) is 3.16. The van der Waals surface area contributed by atoms with E-state index in [1.54, 1.807) is 16.9 Å². The van der Waals surface area contributed by atoms with Crippen molar-refractivity contribution in [2.24, 2.45) is 0 Å². The highest BCUT2D eigenvalue weighted by molar-refractivity contribution is 5.83. The minimum absolute atomic E-state index is 0.206. The number of hydrogen-bond acceptors (Lipinski definition) is 3. The van der Waals surface area contributed by atoms with E-state index in [1.165, 1.54) is 0 Å². The highest BCUT2D eigenvalue weighted by Crippen LogP contribution is 2.08. The van der Waals surface area contributed by atoms with E-state index in [2.05, 4.69) is 21.9 Å². The first-order valence-corrected chi connectivity index (χ1v) is 8.73. The van der Waals surface area contributed by atoms with Gasteiger partial charge in [-0.25, -0.2) is 9.50 Å². The van der Waals surface area contributed by atoms with E-state index in [0.29, 0.717) is 18.5 Å². The average molecular weight is 351 g/mol. The van der Waals surface area contributed by atoms with Gasteiger partial charge in [-0.2, -0.15) is 5.10 Å². The van der Waals surface area contributed by atoms with Gasteiger partial charge < -0.3 is 0 Å². The third-order valence-electron chi connectivity index (χ3n) is 4.19. The van der Waals surface area contributed by atoms with Crippen LogP contribution < -0.4 is 0 Å². The second kappa shape index (κ2) is 7.67. The predicted molar refractivity (Wildman–Crippen MR) is 104 cm³/mol. The molecule has 4 heteroatoms. The second-order valence-electron chi connectivity index (χ2n) is 6.27. The van der Waals surface area contributed by atoms with E-state index in [-0.39, 0.29) is 5.78 Å². The molecule has 0 spiro atoms. The van der Waals surface area contributed by atoms with Crippen LogP contribution in [0.3, 0.4) is 0 Å². The molecule has 0 aliphatic rings. The highest BCUT2D eigenvalue weighted by Gasteiger charge is 2.05. The Morgan fingerprint density at radius 3 is 2.37 bits per heavy atom. The van der Waals surface area contributed by atoms with Crippen molar-refractivity contribution in [2.75, 3.05) is 0 Å². The molecule has 0 saturated heterocycles. The summed E-state index contributed by atoms with van der Waals surface area (Å²) in [5.41, 5.74) is 4.42. The topological polar surface area (TPSA) is 47.3 Å². The molecule has 27 heavy (non-hydrogen) atoms. The summed E-state index contributed by atoms with van der Waals surface area (Å²) in [4.78, 5) is 16.4. The molecule has 0 aliphatic carbocycles. The van der Waals surface area contributed by atoms with Crippen LogP contribution in [0.2, 0.25) is 0 Å². The SMILES string of the molecule is O=C(Cc1ccccc1)Cc1ccc(C#Cc2ccc3nccn3n2)cc1. The number of fused-ring (bicyclic) bond motifs is 1. The Bertz CT molecular complexity index is 1130. The molecule has 0 atom stereocenters. The number of rotatable bonds is 4. The number of carbonyl (C=O) groups is 1. The van der Waals surface area contributed by atoms with E-state index < -0.39 is 0 Å². The second-order valence-corrected chi connectivity index (χ2v) is 6.27. The number of ketones is 1. The molecule has 0 amide bonds. The van der Waals surface area contributed by atoms with Crippen LogP contribution in [0.5, 0.6) is 0 Å². The molecule has 0 saturated carbocycles. The van der Waals surface area contributed by atoms with E-state index in [4.69, 9.17) is 0 Å². The lowest BCUT2D eigenvalue weighted by Gasteiger charge is -2.02. The van der Waals surface area contributed by atoms with Gasteiger partial charge in [-0.1, -0.05) is 48.4 Å². The first kappa shape index (κ1) is 16.7. The third-order valence-corrected chi connectivity index (χ3v) is 4.19. The molecular formula is C23H17N3O. The maximum absolute atomic E-state index is 12.2. The summed E-state index contributed by atoms with van der Waals surface area (Å²) in [7, 11) is 0. The van der Waals surface area contributed by atoms with Crippen molar-refractivity contribution in [3.05, 3.63) is 102 Å². The van der Waals surface area contributed by atoms with Gasteiger partial charge in [0.1, 0.15) is 11.5 Å². The van der Waals surface area contributed by atoms with Crippen LogP contribution in [-0.4, -0.2) is 20.4 Å². The van der Waals surface area contributed by atoms with Crippen LogP contribution in [0, 0.1) is 11.8 Å². The number of carbonyl (C=O) groups excluding carboxylic acids is 1. The van der Waals surface area contributed by atoms with Gasteiger partial charge in [-0.05, 0) is 41.3 Å². The largest absolute Gasteiger partial charge is 0.299 e. The van der Waals surface area contributed by atoms with Gasteiger partial charge in [0, 0.05) is 30.8 Å². The molecule has 130 valence electrons. The van der Waals surface area contributed by atoms with E-state index in [1.807, 2.05) is 66.7 Å². The molecule has 2 aromatic heterocycles. The quantitative estimate of drug-likeness (QED) is 0.529. The zero-order valence-corrected chi connectivity index (χ0v) is 14.7. The monoisotopic (exact) mass is 351 g/mol. The number of benzene rings is 2. The molecule has 0 bridgehead atoms. The third kappa shape index (κ3) is 4.28. The molecule has 0 N–H and O–H groups in total. The van der Waals surface area contributed by atoms with E-state index >= 15 is 0 Å². The molecule has 0 fully saturated rings. The van der Waals surface area contributed by atoms with Crippen molar-refractivity contribution in [3.63, 3.8) is 0 Å². The normalized spacial score (nSPS) is 10.4. The maximum atomic E-state index is 12.2. The minimum atomic E-state index is 0.206. The Kier molecular flexibility index (Phi) is 4.76. The smallest absolute Gasteiger partial charge is 0.153 e. The lowest BCUT2D eigenvalue weighted by atomic mass is 10.0. The Labute approximate surface area is 157 Å². The van der Waals surface area contributed by atoms with Gasteiger partial charge >= 0.3 is 0 Å². The number of imidazole rings is 1. The van der Waals surface area contributed by atoms with Gasteiger partial charge in [-0.15, -0.1) is 0 Å². The van der Waals surface area contributed by atoms with Gasteiger partial charge in [0.25, 0.3) is 0 Å². The van der Waals surface area contributed by atoms with Crippen LogP contribution >= 0.6 is 0 Å². The summed E-state index contributed by atoms with van der Waals surface area (Å²) in [6.45, 7) is 0. The van der Waals surface area contributed by atoms with Gasteiger partial charge in [0.15, 0.2) is 5.65 Å². The fraction of sp³-hybridized carbons (Fsp3) is 0.0870. The molecule has 4 nitrogen and oxygen atoms in total. The van der Waals surface area contributed by atoms with Crippen molar-refractivity contribution >= 4 is 11.4 Å². The fourth-order valence-corrected chi connectivity index (χ4v) is 2.84. The van der Waals surface area contributed by atoms with Crippen LogP contribution in [0.25, 0.3) is 5.65 Å². The molecule has 0 unspecified atom stereocenters. The van der Waals surface area contributed by atoms with Crippen LogP contribution in [-0.2, 0) is 17.6 Å². The Morgan fingerprint density at radius 2 is 1.59 bits per heavy atom. The zero-order chi connectivity index (χ0) is 18.5. The van der Waals surface area contributed by atoms with Crippen molar-refractivity contribution in [2.45, 2.75) is 12.8 Å². The zero-order valence-electron chi connectivity index (χ0n) is 14.7. The van der Waals surface area contributed by atoms with Crippen LogP contribution in [0.4, 0.5) is 0 Å². The molecule has 2 aromatic carbocycles. The predicted octanol–water partition coefficient (Wildman–Crippen LogP) is 3.48. The Morgan fingerprint density at radius 1 is 0.852 bits per heavy atom. The Hall–Kier alpha value is -3.71. The number of Topliss-reactive ketones (excluding diaryl/α,β-unsaturated/α-hetero) is 1. The molecule has 4 rings (SSSR count). The first-order valence-electron chi connectivity index (χ1n) is 8.73. The molecule has 0 aliphatic heterocycles. The summed E-state index contributed by atoms with van der Waals surface area (Å²) in [6.07, 6.45) is 4.39. The Balaban J connectivity index is 1.41. The van der Waals surface area contributed by atoms with Crippen molar-refractivity contribution in [1.29, 1.82) is 0 Å². The maximum Gasteiger partial charge on any atom is 0.153 e. The molecule has 4 aromatic rings. The van der Waals surface area contributed by atoms with Crippen molar-refractivity contribution in [3.8, 4) is 11.8 Å². The first-order chi connectivity index (χ1) is 13.3. The van der Waals surface area contributed by atoms with Crippen LogP contribution in [0.15, 0.2) is 79.1 Å². The van der Waals surface area contributed by atoms with Gasteiger partial charge in [0.2, 0.25) is 0 Å². The highest BCUT2D eigenvalue weighted by atomic mass is 16.1. The van der Waals surface area contributed by atoms with Crippen LogP contribution in [0.1, 0.15) is 22.4 Å². The molecule has 2 heterocycles.